The van der Waals surface area contributed by atoms with E-state index in [1.165, 1.54) is 12.1 Å². The Hall–Kier alpha value is -3.29. The molecule has 1 amide bonds. The van der Waals surface area contributed by atoms with Gasteiger partial charge in [0.05, 0.1) is 17.9 Å². The van der Waals surface area contributed by atoms with E-state index in [1.54, 1.807) is 27.9 Å². The second-order valence-corrected chi connectivity index (χ2v) is 7.63. The second kappa shape index (κ2) is 8.22. The lowest BCUT2D eigenvalue weighted by Crippen LogP contribution is -2.26. The minimum atomic E-state index is -0.287. The van der Waals surface area contributed by atoms with Gasteiger partial charge >= 0.3 is 0 Å². The summed E-state index contributed by atoms with van der Waals surface area (Å²) in [6, 6.07) is 8.03. The first-order chi connectivity index (χ1) is 14.4. The molecule has 0 saturated carbocycles. The fraction of sp³-hybridized carbons (Fsp3) is 0.364. The van der Waals surface area contributed by atoms with E-state index in [-0.39, 0.29) is 23.7 Å². The van der Waals surface area contributed by atoms with Gasteiger partial charge in [0, 0.05) is 49.5 Å². The van der Waals surface area contributed by atoms with Crippen molar-refractivity contribution in [3.8, 4) is 5.69 Å². The number of halogens is 1. The number of carbonyl (C=O) groups excluding carboxylic acids is 1. The summed E-state index contributed by atoms with van der Waals surface area (Å²) in [4.78, 5) is 23.1. The molecule has 8 heteroatoms. The monoisotopic (exact) mass is 408 g/mol. The lowest BCUT2D eigenvalue weighted by Gasteiger charge is -2.24. The van der Waals surface area contributed by atoms with Crippen LogP contribution in [0.2, 0.25) is 0 Å². The topological polar surface area (TPSA) is 75.9 Å². The smallest absolute Gasteiger partial charge is 0.223 e. The zero-order valence-electron chi connectivity index (χ0n) is 17.3. The van der Waals surface area contributed by atoms with Gasteiger partial charge in [-0.05, 0) is 37.6 Å². The van der Waals surface area contributed by atoms with E-state index >= 15 is 0 Å². The van der Waals surface area contributed by atoms with Crippen LogP contribution in [-0.2, 0) is 11.2 Å². The Labute approximate surface area is 175 Å². The van der Waals surface area contributed by atoms with Gasteiger partial charge in [0.1, 0.15) is 17.5 Å². The third-order valence-corrected chi connectivity index (χ3v) is 5.53. The van der Waals surface area contributed by atoms with Crippen molar-refractivity contribution in [2.24, 2.45) is 5.92 Å². The number of likely N-dealkylation sites (tertiary alicyclic amines) is 1. The van der Waals surface area contributed by atoms with E-state index in [0.29, 0.717) is 13.0 Å². The molecule has 0 spiro atoms. The molecule has 0 radical (unpaired) electrons. The van der Waals surface area contributed by atoms with Crippen LogP contribution in [-0.4, -0.2) is 44.1 Å². The molecule has 1 N–H and O–H groups in total. The van der Waals surface area contributed by atoms with Crippen LogP contribution in [0.4, 0.5) is 10.2 Å². The summed E-state index contributed by atoms with van der Waals surface area (Å²) in [5.74, 6) is 1.41. The zero-order valence-corrected chi connectivity index (χ0v) is 17.3. The highest BCUT2D eigenvalue weighted by Gasteiger charge is 2.39. The molecule has 2 aromatic heterocycles. The maximum absolute atomic E-state index is 13.2. The van der Waals surface area contributed by atoms with Gasteiger partial charge in [-0.3, -0.25) is 4.79 Å². The van der Waals surface area contributed by atoms with Gasteiger partial charge in [0.15, 0.2) is 0 Å². The summed E-state index contributed by atoms with van der Waals surface area (Å²) in [7, 11) is 1.83. The van der Waals surface area contributed by atoms with Gasteiger partial charge in [-0.1, -0.05) is 6.92 Å². The molecule has 1 aliphatic heterocycles. The van der Waals surface area contributed by atoms with Gasteiger partial charge in [0.25, 0.3) is 0 Å². The van der Waals surface area contributed by atoms with E-state index in [0.717, 1.165) is 35.0 Å². The molecule has 30 heavy (non-hydrogen) atoms. The summed E-state index contributed by atoms with van der Waals surface area (Å²) < 4.78 is 14.9. The van der Waals surface area contributed by atoms with Crippen molar-refractivity contribution in [1.29, 1.82) is 0 Å². The Morgan fingerprint density at radius 2 is 2.00 bits per heavy atom. The molecule has 156 valence electrons. The molecule has 0 bridgehead atoms. The molecule has 1 saturated heterocycles. The van der Waals surface area contributed by atoms with Crippen LogP contribution in [0.5, 0.6) is 0 Å². The number of amides is 1. The highest BCUT2D eigenvalue weighted by molar-refractivity contribution is 5.79. The normalized spacial score (nSPS) is 18.8. The van der Waals surface area contributed by atoms with Crippen LogP contribution in [0.1, 0.15) is 36.5 Å². The van der Waals surface area contributed by atoms with E-state index in [4.69, 9.17) is 0 Å². The van der Waals surface area contributed by atoms with E-state index in [9.17, 15) is 9.18 Å². The molecule has 3 aromatic rings. The summed E-state index contributed by atoms with van der Waals surface area (Å²) in [5, 5.41) is 7.81. The van der Waals surface area contributed by atoms with Crippen LogP contribution in [0, 0.1) is 18.7 Å². The molecule has 0 aliphatic carbocycles. The van der Waals surface area contributed by atoms with E-state index in [1.807, 2.05) is 26.2 Å². The standard InChI is InChI=1S/C22H25FN6O/c1-4-18-10-20(27-14(2)26-18)24-11-15-9-21(30)28(3)22(15)16-12-25-29(13-16)19-7-5-17(23)6-8-19/h5-8,10,12-13,15,22H,4,9,11H2,1-3H3,(H,24,26,27)/t15-,22+/m0/s1. The molecule has 1 fully saturated rings. The molecule has 2 atom stereocenters. The number of hydrogen-bond acceptors (Lipinski definition) is 5. The first-order valence-corrected chi connectivity index (χ1v) is 10.1. The summed E-state index contributed by atoms with van der Waals surface area (Å²) in [6.07, 6.45) is 4.98. The van der Waals surface area contributed by atoms with Crippen molar-refractivity contribution in [3.05, 3.63) is 65.6 Å². The van der Waals surface area contributed by atoms with Crippen molar-refractivity contribution in [1.82, 2.24) is 24.6 Å². The lowest BCUT2D eigenvalue weighted by molar-refractivity contribution is -0.127. The first kappa shape index (κ1) is 20.0. The summed E-state index contributed by atoms with van der Waals surface area (Å²) in [5.41, 5.74) is 2.71. The van der Waals surface area contributed by atoms with Crippen molar-refractivity contribution in [2.75, 3.05) is 18.9 Å². The number of aromatic nitrogens is 4. The van der Waals surface area contributed by atoms with Crippen LogP contribution >= 0.6 is 0 Å². The molecule has 1 aliphatic rings. The van der Waals surface area contributed by atoms with Crippen LogP contribution in [0.25, 0.3) is 5.69 Å². The van der Waals surface area contributed by atoms with E-state index in [2.05, 4.69) is 27.3 Å². The molecule has 4 rings (SSSR count). The Kier molecular flexibility index (Phi) is 5.48. The third-order valence-electron chi connectivity index (χ3n) is 5.53. The fourth-order valence-electron chi connectivity index (χ4n) is 3.99. The minimum absolute atomic E-state index is 0.0775. The van der Waals surface area contributed by atoms with Crippen molar-refractivity contribution in [2.45, 2.75) is 32.7 Å². The Bertz CT molecular complexity index is 1050. The molecule has 1 aromatic carbocycles. The molecular weight excluding hydrogens is 383 g/mol. The van der Waals surface area contributed by atoms with Crippen LogP contribution in [0.15, 0.2) is 42.7 Å². The second-order valence-electron chi connectivity index (χ2n) is 7.63. The van der Waals surface area contributed by atoms with Gasteiger partial charge < -0.3 is 10.2 Å². The van der Waals surface area contributed by atoms with Crippen LogP contribution < -0.4 is 5.32 Å². The maximum Gasteiger partial charge on any atom is 0.223 e. The minimum Gasteiger partial charge on any atom is -0.370 e. The van der Waals surface area contributed by atoms with E-state index < -0.39 is 0 Å². The number of carbonyl (C=O) groups is 1. The number of hydrogen-bond donors (Lipinski definition) is 1. The predicted molar refractivity (Wildman–Crippen MR) is 112 cm³/mol. The van der Waals surface area contributed by atoms with Crippen LogP contribution in [0.3, 0.4) is 0 Å². The van der Waals surface area contributed by atoms with Crippen molar-refractivity contribution in [3.63, 3.8) is 0 Å². The zero-order chi connectivity index (χ0) is 21.3. The summed E-state index contributed by atoms with van der Waals surface area (Å²) in [6.45, 7) is 4.55. The number of aryl methyl sites for hydroxylation is 2. The van der Waals surface area contributed by atoms with Gasteiger partial charge in [-0.15, -0.1) is 0 Å². The number of anilines is 1. The number of benzene rings is 1. The van der Waals surface area contributed by atoms with Crippen molar-refractivity contribution < 1.29 is 9.18 Å². The summed E-state index contributed by atoms with van der Waals surface area (Å²) >= 11 is 0. The first-order valence-electron chi connectivity index (χ1n) is 10.1. The molecule has 3 heterocycles. The molecule has 0 unspecified atom stereocenters. The Balaban J connectivity index is 1.53. The average molecular weight is 408 g/mol. The van der Waals surface area contributed by atoms with Gasteiger partial charge in [-0.2, -0.15) is 5.10 Å². The van der Waals surface area contributed by atoms with Gasteiger partial charge in [-0.25, -0.2) is 19.0 Å². The predicted octanol–water partition coefficient (Wildman–Crippen LogP) is 3.30. The Morgan fingerprint density at radius 1 is 1.23 bits per heavy atom. The lowest BCUT2D eigenvalue weighted by atomic mass is 9.95. The molecule has 7 nitrogen and oxygen atoms in total. The van der Waals surface area contributed by atoms with Crippen molar-refractivity contribution >= 4 is 11.7 Å². The number of nitrogens with zero attached hydrogens (tertiary/aromatic N) is 5. The van der Waals surface area contributed by atoms with Gasteiger partial charge in [0.2, 0.25) is 5.91 Å². The third kappa shape index (κ3) is 4.03. The SMILES string of the molecule is CCc1cc(NC[C@@H]2CC(=O)N(C)[C@H]2c2cnn(-c3ccc(F)cc3)c2)nc(C)n1. The highest BCUT2D eigenvalue weighted by atomic mass is 19.1. The molecular formula is C22H25FN6O. The number of nitrogens with one attached hydrogen (secondary N) is 1. The average Bonchev–Trinajstić information content (AvgIpc) is 3.31. The Morgan fingerprint density at radius 3 is 2.73 bits per heavy atom. The maximum atomic E-state index is 13.2. The fourth-order valence-corrected chi connectivity index (χ4v) is 3.99. The quantitative estimate of drug-likeness (QED) is 0.677. The number of rotatable bonds is 6. The largest absolute Gasteiger partial charge is 0.370 e. The highest BCUT2D eigenvalue weighted by Crippen LogP contribution is 2.37.